The number of piperidine rings is 1. The van der Waals surface area contributed by atoms with Crippen molar-refractivity contribution in [3.8, 4) is 11.4 Å². The fourth-order valence-electron chi connectivity index (χ4n) is 5.05. The van der Waals surface area contributed by atoms with Crippen LogP contribution in [-0.2, 0) is 21.1 Å². The Balaban J connectivity index is 1.36. The predicted molar refractivity (Wildman–Crippen MR) is 139 cm³/mol. The van der Waals surface area contributed by atoms with Gasteiger partial charge in [0.15, 0.2) is 5.82 Å². The zero-order chi connectivity index (χ0) is 24.0. The van der Waals surface area contributed by atoms with Gasteiger partial charge in [-0.05, 0) is 38.1 Å². The molecule has 0 amide bonds. The number of aromatic amines is 1. The van der Waals surface area contributed by atoms with E-state index in [1.165, 1.54) is 11.1 Å². The molecule has 0 bridgehead atoms. The van der Waals surface area contributed by atoms with Crippen LogP contribution >= 0.6 is 11.3 Å². The normalized spacial score (nSPS) is 18.6. The number of morpholine rings is 1. The molecule has 0 spiro atoms. The van der Waals surface area contributed by atoms with Crippen molar-refractivity contribution < 1.29 is 13.2 Å². The molecule has 6 rings (SSSR count). The number of benzene rings is 1. The lowest BCUT2D eigenvalue weighted by Gasteiger charge is -2.30. The van der Waals surface area contributed by atoms with Crippen LogP contribution in [0.5, 0.6) is 0 Å². The molecular weight excluding hydrogens is 484 g/mol. The summed E-state index contributed by atoms with van der Waals surface area (Å²) in [5.74, 6) is 1.65. The molecule has 1 N–H and O–H groups in total. The first kappa shape index (κ1) is 22.8. The molecule has 4 aromatic rings. The number of thiophene rings is 1. The minimum Gasteiger partial charge on any atom is -0.378 e. The van der Waals surface area contributed by atoms with Gasteiger partial charge in [-0.3, -0.25) is 10.00 Å². The summed E-state index contributed by atoms with van der Waals surface area (Å²) in [6.07, 6.45) is 4.57. The zero-order valence-electron chi connectivity index (χ0n) is 19.6. The van der Waals surface area contributed by atoms with E-state index in [2.05, 4.69) is 26.1 Å². The van der Waals surface area contributed by atoms with Crippen LogP contribution in [0, 0.1) is 0 Å². The Kier molecular flexibility index (Phi) is 5.95. The average molecular weight is 513 g/mol. The van der Waals surface area contributed by atoms with Crippen LogP contribution in [0.25, 0.3) is 32.5 Å². The van der Waals surface area contributed by atoms with Crippen molar-refractivity contribution in [3.63, 3.8) is 0 Å². The van der Waals surface area contributed by atoms with E-state index >= 15 is 0 Å². The van der Waals surface area contributed by atoms with Crippen molar-refractivity contribution in [2.75, 3.05) is 50.5 Å². The Labute approximate surface area is 208 Å². The maximum absolute atomic E-state index is 11.9. The largest absolute Gasteiger partial charge is 0.378 e. The van der Waals surface area contributed by atoms with Crippen LogP contribution in [0.4, 0.5) is 5.82 Å². The summed E-state index contributed by atoms with van der Waals surface area (Å²) in [7, 11) is -2.97. The van der Waals surface area contributed by atoms with Gasteiger partial charge in [-0.1, -0.05) is 12.1 Å². The number of sulfone groups is 1. The van der Waals surface area contributed by atoms with E-state index in [4.69, 9.17) is 14.7 Å². The second-order valence-corrected chi connectivity index (χ2v) is 12.8. The maximum atomic E-state index is 11.9. The lowest BCUT2D eigenvalue weighted by atomic mass is 10.1. The van der Waals surface area contributed by atoms with E-state index in [9.17, 15) is 8.42 Å². The highest BCUT2D eigenvalue weighted by molar-refractivity contribution is 7.91. The van der Waals surface area contributed by atoms with Crippen LogP contribution in [0.2, 0.25) is 0 Å². The highest BCUT2D eigenvalue weighted by Crippen LogP contribution is 2.36. The molecule has 11 heteroatoms. The van der Waals surface area contributed by atoms with Gasteiger partial charge >= 0.3 is 0 Å². The van der Waals surface area contributed by atoms with Crippen molar-refractivity contribution in [3.05, 3.63) is 35.3 Å². The number of aromatic nitrogens is 4. The molecular formula is C24H28N6O3S2. The SMILES string of the molecule is CS(=O)(=O)C1CCN(Cc2cc3c(N4CCOCC4)nc(-c4cccc5[nH]ncc45)nc3s2)CC1. The van der Waals surface area contributed by atoms with E-state index in [1.807, 2.05) is 24.4 Å². The van der Waals surface area contributed by atoms with Gasteiger partial charge in [-0.15, -0.1) is 11.3 Å². The molecule has 2 aliphatic rings. The predicted octanol–water partition coefficient (Wildman–Crippen LogP) is 3.08. The summed E-state index contributed by atoms with van der Waals surface area (Å²) >= 11 is 1.70. The standard InChI is InChI=1S/C24H28N6O3S2/c1-35(31,32)17-5-7-29(8-6-17)15-16-13-19-23(30-9-11-33-12-10-30)26-22(27-24(19)34-16)18-3-2-4-21-20(18)14-25-28-21/h2-4,13-14,17H,5-12,15H2,1H3,(H,25,28). The monoisotopic (exact) mass is 512 g/mol. The average Bonchev–Trinajstić information content (AvgIpc) is 3.50. The molecule has 2 saturated heterocycles. The van der Waals surface area contributed by atoms with Gasteiger partial charge < -0.3 is 9.64 Å². The number of H-pyrrole nitrogens is 1. The Morgan fingerprint density at radius 1 is 1.11 bits per heavy atom. The van der Waals surface area contributed by atoms with Crippen LogP contribution in [0.15, 0.2) is 30.5 Å². The number of nitrogens with zero attached hydrogens (tertiary/aromatic N) is 5. The van der Waals surface area contributed by atoms with Crippen LogP contribution in [0.3, 0.4) is 0 Å². The topological polar surface area (TPSA) is 104 Å². The Bertz CT molecular complexity index is 1470. The third-order valence-corrected chi connectivity index (χ3v) is 9.68. The fraction of sp³-hybridized carbons (Fsp3) is 0.458. The minimum absolute atomic E-state index is 0.215. The second-order valence-electron chi connectivity index (χ2n) is 9.34. The van der Waals surface area contributed by atoms with Gasteiger partial charge in [0.2, 0.25) is 0 Å². The molecule has 0 aliphatic carbocycles. The number of fused-ring (bicyclic) bond motifs is 2. The minimum atomic E-state index is -2.97. The lowest BCUT2D eigenvalue weighted by molar-refractivity contribution is 0.122. The molecule has 0 saturated carbocycles. The maximum Gasteiger partial charge on any atom is 0.163 e. The summed E-state index contributed by atoms with van der Waals surface area (Å²) in [5, 5.41) is 9.10. The molecule has 184 valence electrons. The fourth-order valence-corrected chi connectivity index (χ4v) is 7.18. The first-order valence-corrected chi connectivity index (χ1v) is 14.7. The van der Waals surface area contributed by atoms with E-state index in [0.29, 0.717) is 31.9 Å². The molecule has 35 heavy (non-hydrogen) atoms. The summed E-state index contributed by atoms with van der Waals surface area (Å²) in [5.41, 5.74) is 1.92. The Morgan fingerprint density at radius 3 is 2.69 bits per heavy atom. The third kappa shape index (κ3) is 4.53. The van der Waals surface area contributed by atoms with E-state index in [-0.39, 0.29) is 5.25 Å². The number of hydrogen-bond donors (Lipinski definition) is 1. The first-order valence-electron chi connectivity index (χ1n) is 11.9. The molecule has 2 fully saturated rings. The van der Waals surface area contributed by atoms with Gasteiger partial charge in [-0.2, -0.15) is 5.10 Å². The van der Waals surface area contributed by atoms with Gasteiger partial charge in [0.05, 0.1) is 35.6 Å². The Hall–Kier alpha value is -2.60. The molecule has 1 aromatic carbocycles. The van der Waals surface area contributed by atoms with E-state index in [1.54, 1.807) is 11.3 Å². The summed E-state index contributed by atoms with van der Waals surface area (Å²) in [6, 6.07) is 8.26. The molecule has 3 aromatic heterocycles. The van der Waals surface area contributed by atoms with E-state index in [0.717, 1.165) is 65.2 Å². The number of likely N-dealkylation sites (tertiary alicyclic amines) is 1. The number of anilines is 1. The molecule has 0 atom stereocenters. The number of ether oxygens (including phenoxy) is 1. The summed E-state index contributed by atoms with van der Waals surface area (Å²) in [6.45, 7) is 5.35. The van der Waals surface area contributed by atoms with Crippen LogP contribution in [-0.4, -0.2) is 84.4 Å². The Morgan fingerprint density at radius 2 is 1.91 bits per heavy atom. The highest BCUT2D eigenvalue weighted by atomic mass is 32.2. The molecule has 0 radical (unpaired) electrons. The first-order chi connectivity index (χ1) is 17.0. The molecule has 2 aliphatic heterocycles. The summed E-state index contributed by atoms with van der Waals surface area (Å²) in [4.78, 5) is 16.9. The third-order valence-electron chi connectivity index (χ3n) is 6.98. The molecule has 0 unspecified atom stereocenters. The quantitative estimate of drug-likeness (QED) is 0.435. The van der Waals surface area contributed by atoms with Crippen molar-refractivity contribution >= 4 is 48.1 Å². The zero-order valence-corrected chi connectivity index (χ0v) is 21.2. The van der Waals surface area contributed by atoms with Gasteiger partial charge in [0, 0.05) is 41.7 Å². The second kappa shape index (κ2) is 9.12. The van der Waals surface area contributed by atoms with Crippen LogP contribution < -0.4 is 4.90 Å². The lowest BCUT2D eigenvalue weighted by Crippen LogP contribution is -2.38. The van der Waals surface area contributed by atoms with E-state index < -0.39 is 9.84 Å². The molecule has 9 nitrogen and oxygen atoms in total. The van der Waals surface area contributed by atoms with Gasteiger partial charge in [-0.25, -0.2) is 18.4 Å². The smallest absolute Gasteiger partial charge is 0.163 e. The van der Waals surface area contributed by atoms with Gasteiger partial charge in [0.25, 0.3) is 0 Å². The van der Waals surface area contributed by atoms with Crippen molar-refractivity contribution in [1.29, 1.82) is 0 Å². The highest BCUT2D eigenvalue weighted by Gasteiger charge is 2.27. The molecule has 5 heterocycles. The number of rotatable bonds is 5. The van der Waals surface area contributed by atoms with Crippen molar-refractivity contribution in [2.24, 2.45) is 0 Å². The van der Waals surface area contributed by atoms with Crippen LogP contribution in [0.1, 0.15) is 17.7 Å². The number of hydrogen-bond acceptors (Lipinski definition) is 9. The van der Waals surface area contributed by atoms with Crippen molar-refractivity contribution in [2.45, 2.75) is 24.6 Å². The van der Waals surface area contributed by atoms with Gasteiger partial charge in [0.1, 0.15) is 20.5 Å². The summed E-state index contributed by atoms with van der Waals surface area (Å²) < 4.78 is 29.4. The number of nitrogens with one attached hydrogen (secondary N) is 1. The van der Waals surface area contributed by atoms with Crippen molar-refractivity contribution in [1.82, 2.24) is 25.1 Å².